The first-order valence-electron chi connectivity index (χ1n) is 6.53. The van der Waals surface area contributed by atoms with Gasteiger partial charge in [-0.2, -0.15) is 0 Å². The van der Waals surface area contributed by atoms with Gasteiger partial charge in [-0.05, 0) is 43.2 Å². The van der Waals surface area contributed by atoms with Crippen molar-refractivity contribution < 1.29 is 0 Å². The van der Waals surface area contributed by atoms with Crippen molar-refractivity contribution in [3.63, 3.8) is 0 Å². The lowest BCUT2D eigenvalue weighted by Crippen LogP contribution is -1.84. The van der Waals surface area contributed by atoms with Gasteiger partial charge < -0.3 is 0 Å². The Labute approximate surface area is 138 Å². The predicted octanol–water partition coefficient (Wildman–Crippen LogP) is 6.40. The number of rotatable bonds is 2. The predicted molar refractivity (Wildman–Crippen MR) is 92.5 cm³/mol. The van der Waals surface area contributed by atoms with E-state index in [-0.39, 0.29) is 0 Å². The van der Waals surface area contributed by atoms with Crippen LogP contribution in [-0.4, -0.2) is 4.98 Å². The molecule has 0 bridgehead atoms. The Kier molecular flexibility index (Phi) is 4.03. The number of hydrogen-bond donors (Lipinski definition) is 0. The van der Waals surface area contributed by atoms with Gasteiger partial charge in [0.1, 0.15) is 5.01 Å². The van der Waals surface area contributed by atoms with Gasteiger partial charge in [0.25, 0.3) is 0 Å². The minimum Gasteiger partial charge on any atom is -0.236 e. The molecule has 3 aromatic rings. The fourth-order valence-electron chi connectivity index (χ4n) is 2.07. The van der Waals surface area contributed by atoms with E-state index in [0.717, 1.165) is 21.8 Å². The highest BCUT2D eigenvalue weighted by Gasteiger charge is 2.09. The smallest absolute Gasteiger partial charge is 0.124 e. The molecule has 0 aliphatic rings. The molecule has 1 nitrogen and oxygen atoms in total. The van der Waals surface area contributed by atoms with Crippen molar-refractivity contribution in [2.45, 2.75) is 13.8 Å². The van der Waals surface area contributed by atoms with Gasteiger partial charge in [-0.1, -0.05) is 41.4 Å². The Morgan fingerprint density at radius 1 is 0.857 bits per heavy atom. The summed E-state index contributed by atoms with van der Waals surface area (Å²) >= 11 is 13.7. The molecule has 0 radical (unpaired) electrons. The Morgan fingerprint density at radius 2 is 1.62 bits per heavy atom. The maximum absolute atomic E-state index is 6.07. The molecule has 1 heterocycles. The third kappa shape index (κ3) is 2.98. The van der Waals surface area contributed by atoms with Crippen molar-refractivity contribution in [3.8, 4) is 21.8 Å². The molecule has 0 atom stereocenters. The van der Waals surface area contributed by atoms with Gasteiger partial charge in [0, 0.05) is 16.5 Å². The largest absolute Gasteiger partial charge is 0.236 e. The van der Waals surface area contributed by atoms with Crippen LogP contribution in [0.1, 0.15) is 11.1 Å². The van der Waals surface area contributed by atoms with Crippen molar-refractivity contribution in [2.24, 2.45) is 0 Å². The van der Waals surface area contributed by atoms with E-state index in [4.69, 9.17) is 28.2 Å². The minimum absolute atomic E-state index is 0.551. The first kappa shape index (κ1) is 14.6. The van der Waals surface area contributed by atoms with E-state index in [1.807, 2.05) is 17.5 Å². The van der Waals surface area contributed by atoms with Crippen LogP contribution in [0.4, 0.5) is 0 Å². The number of aryl methyl sites for hydroxylation is 2. The molecule has 3 rings (SSSR count). The molecule has 0 amide bonds. The monoisotopic (exact) mass is 333 g/mol. The second-order valence-corrected chi connectivity index (χ2v) is 6.64. The van der Waals surface area contributed by atoms with Gasteiger partial charge in [-0.25, -0.2) is 4.98 Å². The fraction of sp³-hybridized carbons (Fsp3) is 0.118. The summed E-state index contributed by atoms with van der Waals surface area (Å²) in [7, 11) is 0. The Bertz CT molecular complexity index is 742. The Hall–Kier alpha value is -1.35. The number of hydrogen-bond acceptors (Lipinski definition) is 2. The van der Waals surface area contributed by atoms with Crippen molar-refractivity contribution in [3.05, 3.63) is 63.0 Å². The summed E-state index contributed by atoms with van der Waals surface area (Å²) in [5.41, 5.74) is 5.62. The maximum atomic E-state index is 6.07. The second kappa shape index (κ2) is 5.80. The fourth-order valence-corrected chi connectivity index (χ4v) is 3.19. The molecule has 0 saturated heterocycles. The summed E-state index contributed by atoms with van der Waals surface area (Å²) in [6, 6.07) is 12.0. The summed E-state index contributed by atoms with van der Waals surface area (Å²) < 4.78 is 0. The van der Waals surface area contributed by atoms with Crippen LogP contribution in [0.2, 0.25) is 10.0 Å². The van der Waals surface area contributed by atoms with E-state index < -0.39 is 0 Å². The molecule has 0 N–H and O–H groups in total. The lowest BCUT2D eigenvalue weighted by molar-refractivity contribution is 1.33. The summed E-state index contributed by atoms with van der Waals surface area (Å²) in [6.45, 7) is 4.23. The van der Waals surface area contributed by atoms with Crippen LogP contribution >= 0.6 is 34.5 Å². The Balaban J connectivity index is 1.99. The van der Waals surface area contributed by atoms with E-state index in [2.05, 4.69) is 32.0 Å². The van der Waals surface area contributed by atoms with Crippen molar-refractivity contribution in [1.29, 1.82) is 0 Å². The topological polar surface area (TPSA) is 12.9 Å². The van der Waals surface area contributed by atoms with Crippen LogP contribution in [0.3, 0.4) is 0 Å². The standard InChI is InChI=1S/C17H13Cl2NS/c1-10-3-4-13(7-11(10)2)17-20-16(9-21-17)12-5-6-14(18)15(19)8-12/h3-9H,1-2H3. The first-order chi connectivity index (χ1) is 10.0. The zero-order chi connectivity index (χ0) is 15.0. The average molecular weight is 334 g/mol. The number of halogens is 2. The second-order valence-electron chi connectivity index (χ2n) is 4.97. The van der Waals surface area contributed by atoms with E-state index in [9.17, 15) is 0 Å². The van der Waals surface area contributed by atoms with Gasteiger partial charge in [0.15, 0.2) is 0 Å². The van der Waals surface area contributed by atoms with Crippen LogP contribution in [0, 0.1) is 13.8 Å². The summed E-state index contributed by atoms with van der Waals surface area (Å²) in [5.74, 6) is 0. The number of benzene rings is 2. The molecular formula is C17H13Cl2NS. The van der Waals surface area contributed by atoms with Crippen LogP contribution < -0.4 is 0 Å². The number of nitrogens with zero attached hydrogens (tertiary/aromatic N) is 1. The normalized spacial score (nSPS) is 10.9. The third-order valence-electron chi connectivity index (χ3n) is 3.47. The maximum Gasteiger partial charge on any atom is 0.124 e. The zero-order valence-electron chi connectivity index (χ0n) is 11.7. The molecule has 0 spiro atoms. The molecule has 0 unspecified atom stereocenters. The first-order valence-corrected chi connectivity index (χ1v) is 8.17. The number of thiazole rings is 1. The van der Waals surface area contributed by atoms with E-state index in [0.29, 0.717) is 10.0 Å². The highest BCUT2D eigenvalue weighted by Crippen LogP contribution is 2.32. The van der Waals surface area contributed by atoms with Crippen molar-refractivity contribution >= 4 is 34.5 Å². The van der Waals surface area contributed by atoms with Crippen molar-refractivity contribution in [1.82, 2.24) is 4.98 Å². The van der Waals surface area contributed by atoms with Crippen molar-refractivity contribution in [2.75, 3.05) is 0 Å². The van der Waals surface area contributed by atoms with Crippen LogP contribution in [-0.2, 0) is 0 Å². The zero-order valence-corrected chi connectivity index (χ0v) is 14.0. The molecular weight excluding hydrogens is 321 g/mol. The van der Waals surface area contributed by atoms with Gasteiger partial charge >= 0.3 is 0 Å². The van der Waals surface area contributed by atoms with Gasteiger partial charge in [0.05, 0.1) is 15.7 Å². The molecule has 0 aliphatic heterocycles. The molecule has 1 aromatic heterocycles. The van der Waals surface area contributed by atoms with Gasteiger partial charge in [0.2, 0.25) is 0 Å². The van der Waals surface area contributed by atoms with E-state index in [1.54, 1.807) is 17.4 Å². The highest BCUT2D eigenvalue weighted by atomic mass is 35.5. The van der Waals surface area contributed by atoms with Gasteiger partial charge in [-0.15, -0.1) is 11.3 Å². The molecule has 0 fully saturated rings. The molecule has 0 aliphatic carbocycles. The van der Waals surface area contributed by atoms with Crippen LogP contribution in [0.15, 0.2) is 41.8 Å². The third-order valence-corrected chi connectivity index (χ3v) is 5.10. The number of aromatic nitrogens is 1. The molecule has 0 saturated carbocycles. The molecule has 21 heavy (non-hydrogen) atoms. The highest BCUT2D eigenvalue weighted by molar-refractivity contribution is 7.13. The van der Waals surface area contributed by atoms with E-state index in [1.165, 1.54) is 11.1 Å². The summed E-state index contributed by atoms with van der Waals surface area (Å²) in [6.07, 6.45) is 0. The SMILES string of the molecule is Cc1ccc(-c2nc(-c3ccc(Cl)c(Cl)c3)cs2)cc1C. The summed E-state index contributed by atoms with van der Waals surface area (Å²) in [4.78, 5) is 4.71. The lowest BCUT2D eigenvalue weighted by atomic mass is 10.1. The Morgan fingerprint density at radius 3 is 2.33 bits per heavy atom. The average Bonchev–Trinajstić information content (AvgIpc) is 2.94. The lowest BCUT2D eigenvalue weighted by Gasteiger charge is -2.02. The van der Waals surface area contributed by atoms with Crippen LogP contribution in [0.25, 0.3) is 21.8 Å². The molecule has 4 heteroatoms. The van der Waals surface area contributed by atoms with Gasteiger partial charge in [-0.3, -0.25) is 0 Å². The minimum atomic E-state index is 0.551. The summed E-state index contributed by atoms with van der Waals surface area (Å²) in [5, 5.41) is 4.17. The molecule has 106 valence electrons. The molecule has 2 aromatic carbocycles. The quantitative estimate of drug-likeness (QED) is 0.528. The van der Waals surface area contributed by atoms with Crippen LogP contribution in [0.5, 0.6) is 0 Å². The van der Waals surface area contributed by atoms with E-state index >= 15 is 0 Å².